The predicted molar refractivity (Wildman–Crippen MR) is 53.6 cm³/mol. The molecule has 0 aliphatic heterocycles. The van der Waals surface area contributed by atoms with E-state index in [0.717, 1.165) is 5.56 Å². The van der Waals surface area contributed by atoms with Gasteiger partial charge in [0.25, 0.3) is 0 Å². The Bertz CT molecular complexity index is 355. The van der Waals surface area contributed by atoms with Crippen LogP contribution in [0.5, 0.6) is 5.75 Å². The molecule has 1 rings (SSSR count). The van der Waals surface area contributed by atoms with E-state index in [4.69, 9.17) is 10.6 Å². The Morgan fingerprint density at radius 3 is 2.87 bits per heavy atom. The molecule has 0 radical (unpaired) electrons. The predicted octanol–water partition coefficient (Wildman–Crippen LogP) is 0.757. The Hall–Kier alpha value is -1.62. The lowest BCUT2D eigenvalue weighted by Crippen LogP contribution is -2.30. The van der Waals surface area contributed by atoms with Gasteiger partial charge >= 0.3 is 0 Å². The van der Waals surface area contributed by atoms with Gasteiger partial charge in [0, 0.05) is 6.42 Å². The van der Waals surface area contributed by atoms with Gasteiger partial charge in [0.15, 0.2) is 11.6 Å². The Morgan fingerprint density at radius 2 is 2.33 bits per heavy atom. The molecule has 1 amide bonds. The largest absolute Gasteiger partial charge is 0.494 e. The van der Waals surface area contributed by atoms with E-state index in [-0.39, 0.29) is 18.1 Å². The number of hydrogen-bond donors (Lipinski definition) is 2. The lowest BCUT2D eigenvalue weighted by Gasteiger charge is -2.04. The number of benzene rings is 1. The zero-order chi connectivity index (χ0) is 11.3. The molecule has 0 aliphatic carbocycles. The normalized spacial score (nSPS) is 9.80. The molecule has 5 heteroatoms. The van der Waals surface area contributed by atoms with Crippen LogP contribution in [-0.2, 0) is 11.2 Å². The van der Waals surface area contributed by atoms with Crippen LogP contribution in [0.1, 0.15) is 12.0 Å². The van der Waals surface area contributed by atoms with Gasteiger partial charge in [-0.25, -0.2) is 10.2 Å². The summed E-state index contributed by atoms with van der Waals surface area (Å²) in [7, 11) is 1.40. The second kappa shape index (κ2) is 5.31. The summed E-state index contributed by atoms with van der Waals surface area (Å²) in [5, 5.41) is 0. The van der Waals surface area contributed by atoms with Crippen molar-refractivity contribution in [2.45, 2.75) is 12.8 Å². The van der Waals surface area contributed by atoms with Crippen LogP contribution in [0.3, 0.4) is 0 Å². The number of ether oxygens (including phenoxy) is 1. The Morgan fingerprint density at radius 1 is 1.60 bits per heavy atom. The maximum Gasteiger partial charge on any atom is 0.234 e. The second-order valence-corrected chi connectivity index (χ2v) is 3.04. The molecule has 3 N–H and O–H groups in total. The summed E-state index contributed by atoms with van der Waals surface area (Å²) >= 11 is 0. The van der Waals surface area contributed by atoms with E-state index < -0.39 is 5.82 Å². The minimum atomic E-state index is -0.428. The molecule has 0 aliphatic rings. The maximum absolute atomic E-state index is 13.2. The molecule has 4 nitrogen and oxygen atoms in total. The molecule has 15 heavy (non-hydrogen) atoms. The van der Waals surface area contributed by atoms with Crippen LogP contribution < -0.4 is 16.0 Å². The first-order chi connectivity index (χ1) is 7.17. The second-order valence-electron chi connectivity index (χ2n) is 3.04. The molecule has 0 heterocycles. The smallest absolute Gasteiger partial charge is 0.234 e. The highest BCUT2D eigenvalue weighted by Gasteiger charge is 2.05. The van der Waals surface area contributed by atoms with Crippen molar-refractivity contribution in [1.82, 2.24) is 5.43 Å². The number of nitrogens with one attached hydrogen (secondary N) is 1. The number of amides is 1. The van der Waals surface area contributed by atoms with Crippen LogP contribution in [0.4, 0.5) is 4.39 Å². The molecular formula is C10H13FN2O2. The number of hydrogen-bond acceptors (Lipinski definition) is 3. The third-order valence-corrected chi connectivity index (χ3v) is 2.02. The Kier molecular flexibility index (Phi) is 4.05. The van der Waals surface area contributed by atoms with Crippen molar-refractivity contribution in [3.8, 4) is 5.75 Å². The highest BCUT2D eigenvalue weighted by atomic mass is 19.1. The summed E-state index contributed by atoms with van der Waals surface area (Å²) in [6.45, 7) is 0. The fourth-order valence-electron chi connectivity index (χ4n) is 1.20. The van der Waals surface area contributed by atoms with Crippen molar-refractivity contribution in [3.63, 3.8) is 0 Å². The number of halogens is 1. The van der Waals surface area contributed by atoms with Gasteiger partial charge in [0.2, 0.25) is 5.91 Å². The molecule has 1 aromatic carbocycles. The van der Waals surface area contributed by atoms with Gasteiger partial charge < -0.3 is 4.74 Å². The lowest BCUT2D eigenvalue weighted by atomic mass is 10.1. The van der Waals surface area contributed by atoms with Crippen molar-refractivity contribution in [1.29, 1.82) is 0 Å². The summed E-state index contributed by atoms with van der Waals surface area (Å²) in [6.07, 6.45) is 0.687. The molecule has 0 bridgehead atoms. The SMILES string of the molecule is COc1ccc(CCC(=O)NN)cc1F. The highest BCUT2D eigenvalue weighted by molar-refractivity contribution is 5.75. The van der Waals surface area contributed by atoms with Gasteiger partial charge in [0.05, 0.1) is 7.11 Å². The monoisotopic (exact) mass is 212 g/mol. The van der Waals surface area contributed by atoms with E-state index in [9.17, 15) is 9.18 Å². The molecule has 1 aromatic rings. The van der Waals surface area contributed by atoms with Crippen LogP contribution in [0.15, 0.2) is 18.2 Å². The number of aryl methyl sites for hydroxylation is 1. The summed E-state index contributed by atoms with van der Waals surface area (Å²) in [4.78, 5) is 10.8. The van der Waals surface area contributed by atoms with E-state index in [1.54, 1.807) is 6.07 Å². The average Bonchev–Trinajstić information content (AvgIpc) is 2.26. The van der Waals surface area contributed by atoms with Crippen LogP contribution in [0, 0.1) is 5.82 Å². The van der Waals surface area contributed by atoms with Gasteiger partial charge in [-0.2, -0.15) is 0 Å². The van der Waals surface area contributed by atoms with E-state index in [1.807, 2.05) is 5.43 Å². The maximum atomic E-state index is 13.2. The molecule has 0 saturated heterocycles. The van der Waals surface area contributed by atoms with Gasteiger partial charge in [-0.15, -0.1) is 0 Å². The molecule has 0 unspecified atom stereocenters. The zero-order valence-corrected chi connectivity index (χ0v) is 8.42. The number of methoxy groups -OCH3 is 1. The van der Waals surface area contributed by atoms with Crippen LogP contribution in [0.2, 0.25) is 0 Å². The van der Waals surface area contributed by atoms with E-state index in [0.29, 0.717) is 6.42 Å². The third kappa shape index (κ3) is 3.21. The summed E-state index contributed by atoms with van der Waals surface area (Å²) < 4.78 is 18.0. The number of carbonyl (C=O) groups excluding carboxylic acids is 1. The number of rotatable bonds is 4. The van der Waals surface area contributed by atoms with E-state index >= 15 is 0 Å². The fraction of sp³-hybridized carbons (Fsp3) is 0.300. The van der Waals surface area contributed by atoms with Crippen molar-refractivity contribution < 1.29 is 13.9 Å². The third-order valence-electron chi connectivity index (χ3n) is 2.02. The summed E-state index contributed by atoms with van der Waals surface area (Å²) in [6, 6.07) is 4.60. The molecule has 0 spiro atoms. The first kappa shape index (κ1) is 11.5. The number of carbonyl (C=O) groups is 1. The number of nitrogens with two attached hydrogens (primary N) is 1. The van der Waals surface area contributed by atoms with Crippen LogP contribution in [-0.4, -0.2) is 13.0 Å². The van der Waals surface area contributed by atoms with Gasteiger partial charge in [-0.3, -0.25) is 10.2 Å². The van der Waals surface area contributed by atoms with Crippen molar-refractivity contribution in [3.05, 3.63) is 29.6 Å². The minimum Gasteiger partial charge on any atom is -0.494 e. The number of hydrazine groups is 1. The van der Waals surface area contributed by atoms with Crippen LogP contribution in [0.25, 0.3) is 0 Å². The summed E-state index contributed by atoms with van der Waals surface area (Å²) in [5.41, 5.74) is 2.75. The summed E-state index contributed by atoms with van der Waals surface area (Å²) in [5.74, 6) is 4.41. The average molecular weight is 212 g/mol. The minimum absolute atomic E-state index is 0.196. The fourth-order valence-corrected chi connectivity index (χ4v) is 1.20. The molecule has 0 fully saturated rings. The molecule has 0 aromatic heterocycles. The Labute approximate surface area is 87.2 Å². The molecule has 82 valence electrons. The lowest BCUT2D eigenvalue weighted by molar-refractivity contribution is -0.121. The van der Waals surface area contributed by atoms with Gasteiger partial charge in [-0.05, 0) is 24.1 Å². The van der Waals surface area contributed by atoms with Crippen molar-refractivity contribution in [2.24, 2.45) is 5.84 Å². The molecule has 0 atom stereocenters. The van der Waals surface area contributed by atoms with Crippen molar-refractivity contribution >= 4 is 5.91 Å². The highest BCUT2D eigenvalue weighted by Crippen LogP contribution is 2.18. The van der Waals surface area contributed by atoms with E-state index in [2.05, 4.69) is 0 Å². The standard InChI is InChI=1S/C10H13FN2O2/c1-15-9-4-2-7(6-8(9)11)3-5-10(14)13-12/h2,4,6H,3,5,12H2,1H3,(H,13,14). The van der Waals surface area contributed by atoms with Gasteiger partial charge in [-0.1, -0.05) is 6.07 Å². The first-order valence-electron chi connectivity index (χ1n) is 4.49. The van der Waals surface area contributed by atoms with Gasteiger partial charge in [0.1, 0.15) is 0 Å². The molecule has 0 saturated carbocycles. The Balaban J connectivity index is 2.63. The topological polar surface area (TPSA) is 64.3 Å². The molecular weight excluding hydrogens is 199 g/mol. The quantitative estimate of drug-likeness (QED) is 0.440. The first-order valence-corrected chi connectivity index (χ1v) is 4.49. The zero-order valence-electron chi connectivity index (χ0n) is 8.42. The van der Waals surface area contributed by atoms with Crippen molar-refractivity contribution in [2.75, 3.05) is 7.11 Å². The van der Waals surface area contributed by atoms with Crippen LogP contribution >= 0.6 is 0 Å². The van der Waals surface area contributed by atoms with E-state index in [1.165, 1.54) is 19.2 Å².